The van der Waals surface area contributed by atoms with E-state index in [1.165, 1.54) is 23.1 Å². The van der Waals surface area contributed by atoms with Crippen molar-refractivity contribution in [1.82, 2.24) is 5.32 Å². The molecule has 106 valence electrons. The largest absolute Gasteiger partial charge is 0.309 e. The summed E-state index contributed by atoms with van der Waals surface area (Å²) < 4.78 is 0. The van der Waals surface area contributed by atoms with Gasteiger partial charge in [-0.25, -0.2) is 0 Å². The molecule has 0 bridgehead atoms. The maximum atomic E-state index is 6.24. The highest BCUT2D eigenvalue weighted by Gasteiger charge is 2.15. The van der Waals surface area contributed by atoms with Crippen LogP contribution < -0.4 is 5.32 Å². The number of rotatable bonds is 5. The lowest BCUT2D eigenvalue weighted by Crippen LogP contribution is -2.18. The van der Waals surface area contributed by atoms with Crippen molar-refractivity contribution in [2.75, 3.05) is 7.05 Å². The van der Waals surface area contributed by atoms with Crippen molar-refractivity contribution in [1.29, 1.82) is 0 Å². The molecule has 0 aliphatic rings. The van der Waals surface area contributed by atoms with Crippen LogP contribution in [-0.4, -0.2) is 7.05 Å². The Morgan fingerprint density at radius 1 is 1.10 bits per heavy atom. The second-order valence-electron chi connectivity index (χ2n) is 5.17. The molecule has 0 fully saturated rings. The van der Waals surface area contributed by atoms with E-state index in [4.69, 9.17) is 11.6 Å². The fourth-order valence-electron chi connectivity index (χ4n) is 2.60. The Kier molecular flexibility index (Phi) is 5.22. The Morgan fingerprint density at radius 2 is 1.80 bits per heavy atom. The molecule has 0 aromatic heterocycles. The van der Waals surface area contributed by atoms with Crippen LogP contribution in [0.25, 0.3) is 0 Å². The van der Waals surface area contributed by atoms with Crippen LogP contribution in [0, 0.1) is 6.92 Å². The van der Waals surface area contributed by atoms with Crippen molar-refractivity contribution in [2.24, 2.45) is 0 Å². The lowest BCUT2D eigenvalue weighted by Gasteiger charge is -2.20. The van der Waals surface area contributed by atoms with Gasteiger partial charge < -0.3 is 5.32 Å². The third kappa shape index (κ3) is 3.23. The van der Waals surface area contributed by atoms with Gasteiger partial charge in [0.2, 0.25) is 0 Å². The molecule has 2 rings (SSSR count). The molecule has 1 atom stereocenters. The summed E-state index contributed by atoms with van der Waals surface area (Å²) in [6.45, 7) is 4.28. The van der Waals surface area contributed by atoms with Crippen LogP contribution in [0.2, 0.25) is 5.02 Å². The highest BCUT2D eigenvalue weighted by atomic mass is 35.5. The molecule has 0 aliphatic carbocycles. The van der Waals surface area contributed by atoms with Gasteiger partial charge in [-0.2, -0.15) is 0 Å². The van der Waals surface area contributed by atoms with Crippen molar-refractivity contribution < 1.29 is 0 Å². The van der Waals surface area contributed by atoms with E-state index in [9.17, 15) is 0 Å². The van der Waals surface area contributed by atoms with Crippen LogP contribution in [0.3, 0.4) is 0 Å². The summed E-state index contributed by atoms with van der Waals surface area (Å²) in [5.74, 6) is 0. The van der Waals surface area contributed by atoms with Gasteiger partial charge in [-0.15, -0.1) is 0 Å². The summed E-state index contributed by atoms with van der Waals surface area (Å²) in [7, 11) is 1.99. The molecule has 0 radical (unpaired) electrons. The van der Waals surface area contributed by atoms with Crippen LogP contribution >= 0.6 is 11.6 Å². The highest BCUT2D eigenvalue weighted by molar-refractivity contribution is 6.31. The predicted octanol–water partition coefficient (Wildman–Crippen LogP) is 4.91. The molecule has 0 spiro atoms. The lowest BCUT2D eigenvalue weighted by atomic mass is 9.94. The minimum absolute atomic E-state index is 0.185. The fourth-order valence-corrected chi connectivity index (χ4v) is 2.79. The summed E-state index contributed by atoms with van der Waals surface area (Å²) in [5, 5.41) is 4.22. The van der Waals surface area contributed by atoms with E-state index in [1.54, 1.807) is 0 Å². The van der Waals surface area contributed by atoms with E-state index in [0.29, 0.717) is 0 Å². The van der Waals surface area contributed by atoms with E-state index < -0.39 is 0 Å². The van der Waals surface area contributed by atoms with Crippen LogP contribution in [0.15, 0.2) is 42.5 Å². The van der Waals surface area contributed by atoms with Crippen LogP contribution in [0.4, 0.5) is 0 Å². The van der Waals surface area contributed by atoms with Crippen molar-refractivity contribution >= 4 is 11.6 Å². The van der Waals surface area contributed by atoms with E-state index >= 15 is 0 Å². The Bertz CT molecular complexity index is 560. The zero-order valence-corrected chi connectivity index (χ0v) is 13.2. The fraction of sp³-hybridized carbons (Fsp3) is 0.333. The molecule has 1 unspecified atom stereocenters. The minimum Gasteiger partial charge on any atom is -0.309 e. The Hall–Kier alpha value is -1.31. The SMILES string of the molecule is CCCc1ccc(C(NC)c2cccc(Cl)c2C)cc1. The molecule has 0 saturated carbocycles. The Balaban J connectivity index is 2.34. The molecule has 2 aromatic carbocycles. The second-order valence-corrected chi connectivity index (χ2v) is 5.57. The maximum absolute atomic E-state index is 6.24. The molecule has 0 amide bonds. The molecule has 20 heavy (non-hydrogen) atoms. The smallest absolute Gasteiger partial charge is 0.0577 e. The first-order valence-corrected chi connectivity index (χ1v) is 7.56. The third-order valence-electron chi connectivity index (χ3n) is 3.76. The first kappa shape index (κ1) is 15.1. The van der Waals surface area contributed by atoms with E-state index in [1.807, 2.05) is 19.2 Å². The van der Waals surface area contributed by atoms with Crippen LogP contribution in [0.5, 0.6) is 0 Å². The number of hydrogen-bond donors (Lipinski definition) is 1. The lowest BCUT2D eigenvalue weighted by molar-refractivity contribution is 0.687. The summed E-state index contributed by atoms with van der Waals surface area (Å²) in [6.07, 6.45) is 2.32. The molecule has 1 nitrogen and oxygen atoms in total. The zero-order chi connectivity index (χ0) is 14.5. The van der Waals surface area contributed by atoms with Gasteiger partial charge in [-0.1, -0.05) is 61.3 Å². The maximum Gasteiger partial charge on any atom is 0.0577 e. The van der Waals surface area contributed by atoms with Crippen molar-refractivity contribution in [3.8, 4) is 0 Å². The standard InChI is InChI=1S/C18H22ClN/c1-4-6-14-9-11-15(12-10-14)18(20-3)16-7-5-8-17(19)13(16)2/h5,7-12,18,20H,4,6H2,1-3H3. The van der Waals surface area contributed by atoms with E-state index in [2.05, 4.69) is 49.5 Å². The Morgan fingerprint density at radius 3 is 2.40 bits per heavy atom. The number of aryl methyl sites for hydroxylation is 1. The number of benzene rings is 2. The molecule has 1 N–H and O–H groups in total. The average Bonchev–Trinajstić information content (AvgIpc) is 2.46. The molecule has 0 aliphatic heterocycles. The Labute approximate surface area is 127 Å². The third-order valence-corrected chi connectivity index (χ3v) is 4.17. The van der Waals surface area contributed by atoms with Gasteiger partial charge in [0, 0.05) is 5.02 Å². The molecule has 2 heteroatoms. The van der Waals surface area contributed by atoms with E-state index in [-0.39, 0.29) is 6.04 Å². The van der Waals surface area contributed by atoms with Gasteiger partial charge in [0.1, 0.15) is 0 Å². The van der Waals surface area contributed by atoms with Gasteiger partial charge in [0.25, 0.3) is 0 Å². The topological polar surface area (TPSA) is 12.0 Å². The summed E-state index contributed by atoms with van der Waals surface area (Å²) in [4.78, 5) is 0. The minimum atomic E-state index is 0.185. The number of hydrogen-bond acceptors (Lipinski definition) is 1. The first-order valence-electron chi connectivity index (χ1n) is 7.18. The second kappa shape index (κ2) is 6.92. The van der Waals surface area contributed by atoms with Gasteiger partial charge in [0.15, 0.2) is 0 Å². The van der Waals surface area contributed by atoms with Crippen molar-refractivity contribution in [3.05, 3.63) is 69.7 Å². The normalized spacial score (nSPS) is 12.4. The number of nitrogens with one attached hydrogen (secondary N) is 1. The average molecular weight is 288 g/mol. The quantitative estimate of drug-likeness (QED) is 0.824. The molecule has 0 saturated heterocycles. The number of halogens is 1. The summed E-state index contributed by atoms with van der Waals surface area (Å²) in [5.41, 5.74) is 5.06. The van der Waals surface area contributed by atoms with E-state index in [0.717, 1.165) is 17.0 Å². The zero-order valence-electron chi connectivity index (χ0n) is 12.4. The van der Waals surface area contributed by atoms with Crippen molar-refractivity contribution in [2.45, 2.75) is 32.7 Å². The van der Waals surface area contributed by atoms with Gasteiger partial charge in [0.05, 0.1) is 6.04 Å². The monoisotopic (exact) mass is 287 g/mol. The van der Waals surface area contributed by atoms with Gasteiger partial charge >= 0.3 is 0 Å². The van der Waals surface area contributed by atoms with Crippen LogP contribution in [0.1, 0.15) is 41.6 Å². The summed E-state index contributed by atoms with van der Waals surface area (Å²) in [6, 6.07) is 15.2. The van der Waals surface area contributed by atoms with Gasteiger partial charge in [-0.05, 0) is 48.7 Å². The highest BCUT2D eigenvalue weighted by Crippen LogP contribution is 2.28. The molecular formula is C18H22ClN. The predicted molar refractivity (Wildman–Crippen MR) is 87.5 cm³/mol. The molecular weight excluding hydrogens is 266 g/mol. The van der Waals surface area contributed by atoms with Gasteiger partial charge in [-0.3, -0.25) is 0 Å². The van der Waals surface area contributed by atoms with Crippen molar-refractivity contribution in [3.63, 3.8) is 0 Å². The molecule has 0 heterocycles. The molecule has 2 aromatic rings. The van der Waals surface area contributed by atoms with Crippen LogP contribution in [-0.2, 0) is 6.42 Å². The summed E-state index contributed by atoms with van der Waals surface area (Å²) >= 11 is 6.24. The first-order chi connectivity index (χ1) is 9.67.